The molecular weight excluding hydrogens is 278 g/mol. The van der Waals surface area contributed by atoms with Crippen molar-refractivity contribution >= 4 is 10.0 Å². The van der Waals surface area contributed by atoms with E-state index in [0.29, 0.717) is 19.0 Å². The molecule has 1 aliphatic heterocycles. The van der Waals surface area contributed by atoms with Crippen molar-refractivity contribution in [2.75, 3.05) is 13.2 Å². The van der Waals surface area contributed by atoms with Gasteiger partial charge >= 0.3 is 0 Å². The summed E-state index contributed by atoms with van der Waals surface area (Å²) in [5.74, 6) is 0.665. The van der Waals surface area contributed by atoms with Crippen LogP contribution in [0.2, 0.25) is 0 Å². The molecule has 6 heteroatoms. The van der Waals surface area contributed by atoms with Gasteiger partial charge in [0, 0.05) is 12.6 Å². The number of hydrogen-bond donors (Lipinski definition) is 1. The lowest BCUT2D eigenvalue weighted by atomic mass is 10.1. The van der Waals surface area contributed by atoms with Crippen molar-refractivity contribution in [3.63, 3.8) is 0 Å². The maximum absolute atomic E-state index is 12.3. The highest BCUT2D eigenvalue weighted by Crippen LogP contribution is 2.19. The van der Waals surface area contributed by atoms with Crippen molar-refractivity contribution in [2.45, 2.75) is 43.7 Å². The molecule has 1 aromatic rings. The standard InChI is InChI=1S/C14H21NO4S/c1-3-18-12-6-8-13(9-7-12)20(16,17)15-11(2)14-5-4-10-19-14/h6-9,11,14-15H,3-5,10H2,1-2H3/t11-,14+/m0/s1. The van der Waals surface area contributed by atoms with Crippen molar-refractivity contribution in [3.05, 3.63) is 24.3 Å². The summed E-state index contributed by atoms with van der Waals surface area (Å²) < 4.78 is 38.0. The Morgan fingerprint density at radius 3 is 2.65 bits per heavy atom. The molecule has 0 unspecified atom stereocenters. The van der Waals surface area contributed by atoms with E-state index in [0.717, 1.165) is 12.8 Å². The molecule has 1 heterocycles. The first-order valence-corrected chi connectivity index (χ1v) is 8.38. The van der Waals surface area contributed by atoms with Crippen LogP contribution < -0.4 is 9.46 Å². The van der Waals surface area contributed by atoms with Crippen LogP contribution in [0.1, 0.15) is 26.7 Å². The van der Waals surface area contributed by atoms with Crippen molar-refractivity contribution in [1.82, 2.24) is 4.72 Å². The highest BCUT2D eigenvalue weighted by molar-refractivity contribution is 7.89. The predicted octanol–water partition coefficient (Wildman–Crippen LogP) is 1.93. The predicted molar refractivity (Wildman–Crippen MR) is 76.4 cm³/mol. The first-order valence-electron chi connectivity index (χ1n) is 6.89. The second-order valence-corrected chi connectivity index (χ2v) is 6.58. The third kappa shape index (κ3) is 3.71. The Morgan fingerprint density at radius 2 is 2.10 bits per heavy atom. The van der Waals surface area contributed by atoms with E-state index in [1.165, 1.54) is 0 Å². The first-order chi connectivity index (χ1) is 9.53. The van der Waals surface area contributed by atoms with Gasteiger partial charge < -0.3 is 9.47 Å². The number of benzene rings is 1. The van der Waals surface area contributed by atoms with Gasteiger partial charge in [0.05, 0.1) is 17.6 Å². The van der Waals surface area contributed by atoms with Crippen molar-refractivity contribution in [2.24, 2.45) is 0 Å². The zero-order chi connectivity index (χ0) is 14.6. The maximum Gasteiger partial charge on any atom is 0.240 e. The van der Waals surface area contributed by atoms with Gasteiger partial charge in [-0.25, -0.2) is 13.1 Å². The molecule has 112 valence electrons. The van der Waals surface area contributed by atoms with Crippen molar-refractivity contribution in [3.8, 4) is 5.75 Å². The molecule has 1 aromatic carbocycles. The molecule has 2 rings (SSSR count). The SMILES string of the molecule is CCOc1ccc(S(=O)(=O)N[C@@H](C)[C@H]2CCCO2)cc1. The highest BCUT2D eigenvalue weighted by Gasteiger charge is 2.26. The Kier molecular flexibility index (Phi) is 5.01. The third-order valence-electron chi connectivity index (χ3n) is 3.31. The molecule has 0 saturated carbocycles. The minimum absolute atomic E-state index is 0.0347. The molecule has 0 spiro atoms. The molecule has 1 N–H and O–H groups in total. The van der Waals surface area contributed by atoms with E-state index in [2.05, 4.69) is 4.72 Å². The van der Waals surface area contributed by atoms with Gasteiger partial charge in [-0.1, -0.05) is 0 Å². The second-order valence-electron chi connectivity index (χ2n) is 4.87. The lowest BCUT2D eigenvalue weighted by Gasteiger charge is -2.20. The Hall–Kier alpha value is -1.11. The summed E-state index contributed by atoms with van der Waals surface area (Å²) in [6.45, 7) is 4.98. The van der Waals surface area contributed by atoms with Gasteiger partial charge in [-0.2, -0.15) is 0 Å². The van der Waals surface area contributed by atoms with Crippen LogP contribution in [0.15, 0.2) is 29.2 Å². The summed E-state index contributed by atoms with van der Waals surface area (Å²) in [5, 5.41) is 0. The Labute approximate surface area is 120 Å². The minimum Gasteiger partial charge on any atom is -0.494 e. The monoisotopic (exact) mass is 299 g/mol. The summed E-state index contributed by atoms with van der Waals surface area (Å²) in [6.07, 6.45) is 1.85. The van der Waals surface area contributed by atoms with E-state index < -0.39 is 10.0 Å². The fourth-order valence-electron chi connectivity index (χ4n) is 2.27. The van der Waals surface area contributed by atoms with Gasteiger partial charge in [0.2, 0.25) is 10.0 Å². The number of nitrogens with one attached hydrogen (secondary N) is 1. The van der Waals surface area contributed by atoms with Crippen LogP contribution in [0.25, 0.3) is 0 Å². The van der Waals surface area contributed by atoms with Crippen LogP contribution in [0.4, 0.5) is 0 Å². The topological polar surface area (TPSA) is 64.6 Å². The van der Waals surface area contributed by atoms with Gasteiger partial charge in [0.15, 0.2) is 0 Å². The molecular formula is C14H21NO4S. The summed E-state index contributed by atoms with van der Waals surface area (Å²) in [6, 6.07) is 6.20. The molecule has 5 nitrogen and oxygen atoms in total. The molecule has 1 aliphatic rings. The average molecular weight is 299 g/mol. The van der Waals surface area contributed by atoms with Crippen LogP contribution >= 0.6 is 0 Å². The van der Waals surface area contributed by atoms with E-state index in [4.69, 9.17) is 9.47 Å². The van der Waals surface area contributed by atoms with Crippen molar-refractivity contribution < 1.29 is 17.9 Å². The Balaban J connectivity index is 2.05. The van der Waals surface area contributed by atoms with Gasteiger partial charge in [-0.15, -0.1) is 0 Å². The third-order valence-corrected chi connectivity index (χ3v) is 4.88. The van der Waals surface area contributed by atoms with Gasteiger partial charge in [0.25, 0.3) is 0 Å². The van der Waals surface area contributed by atoms with E-state index >= 15 is 0 Å². The van der Waals surface area contributed by atoms with Crippen molar-refractivity contribution in [1.29, 1.82) is 0 Å². The molecule has 2 atom stereocenters. The zero-order valence-electron chi connectivity index (χ0n) is 11.8. The van der Waals surface area contributed by atoms with Crippen LogP contribution in [0, 0.1) is 0 Å². The van der Waals surface area contributed by atoms with E-state index in [1.807, 2.05) is 13.8 Å². The van der Waals surface area contributed by atoms with Crippen LogP contribution in [0.3, 0.4) is 0 Å². The molecule has 0 aliphatic carbocycles. The number of rotatable bonds is 6. The van der Waals surface area contributed by atoms with Gasteiger partial charge in [-0.05, 0) is 51.0 Å². The summed E-state index contributed by atoms with van der Waals surface area (Å²) in [5.41, 5.74) is 0. The van der Waals surface area contributed by atoms with Crippen LogP contribution in [-0.2, 0) is 14.8 Å². The molecule has 1 saturated heterocycles. The Bertz CT molecular complexity index is 521. The summed E-state index contributed by atoms with van der Waals surface area (Å²) in [4.78, 5) is 0.241. The normalized spacial score (nSPS) is 20.8. The molecule has 1 fully saturated rings. The quantitative estimate of drug-likeness (QED) is 0.872. The van der Waals surface area contributed by atoms with Crippen LogP contribution in [0.5, 0.6) is 5.75 Å². The molecule has 0 amide bonds. The minimum atomic E-state index is -3.51. The lowest BCUT2D eigenvalue weighted by Crippen LogP contribution is -2.40. The van der Waals surface area contributed by atoms with E-state index in [-0.39, 0.29) is 17.0 Å². The fourth-order valence-corrected chi connectivity index (χ4v) is 3.54. The number of sulfonamides is 1. The van der Waals surface area contributed by atoms with Gasteiger partial charge in [-0.3, -0.25) is 0 Å². The second kappa shape index (κ2) is 6.56. The zero-order valence-corrected chi connectivity index (χ0v) is 12.7. The summed E-state index contributed by atoms with van der Waals surface area (Å²) in [7, 11) is -3.51. The first kappa shape index (κ1) is 15.3. The number of hydrogen-bond acceptors (Lipinski definition) is 4. The maximum atomic E-state index is 12.3. The molecule has 0 aromatic heterocycles. The van der Waals surface area contributed by atoms with Gasteiger partial charge in [0.1, 0.15) is 5.75 Å². The molecule has 0 radical (unpaired) electrons. The molecule has 20 heavy (non-hydrogen) atoms. The highest BCUT2D eigenvalue weighted by atomic mass is 32.2. The largest absolute Gasteiger partial charge is 0.494 e. The molecule has 0 bridgehead atoms. The average Bonchev–Trinajstić information content (AvgIpc) is 2.93. The summed E-state index contributed by atoms with van der Waals surface area (Å²) >= 11 is 0. The lowest BCUT2D eigenvalue weighted by molar-refractivity contribution is 0.0902. The van der Waals surface area contributed by atoms with E-state index in [1.54, 1.807) is 24.3 Å². The number of ether oxygens (including phenoxy) is 2. The smallest absolute Gasteiger partial charge is 0.240 e. The Morgan fingerprint density at radius 1 is 1.40 bits per heavy atom. The fraction of sp³-hybridized carbons (Fsp3) is 0.571. The van der Waals surface area contributed by atoms with Crippen LogP contribution in [-0.4, -0.2) is 33.8 Å². The van der Waals surface area contributed by atoms with E-state index in [9.17, 15) is 8.42 Å².